The zero-order chi connectivity index (χ0) is 15.1. The van der Waals surface area contributed by atoms with Gasteiger partial charge in [-0.1, -0.05) is 20.3 Å². The number of likely N-dealkylation sites (tertiary alicyclic amines) is 1. The maximum absolute atomic E-state index is 12.5. The smallest absolute Gasteiger partial charge is 0.240 e. The predicted molar refractivity (Wildman–Crippen MR) is 87.3 cm³/mol. The Morgan fingerprint density at radius 3 is 2.76 bits per heavy atom. The highest BCUT2D eigenvalue weighted by Gasteiger charge is 2.39. The second-order valence-electron chi connectivity index (χ2n) is 7.00. The van der Waals surface area contributed by atoms with Crippen molar-refractivity contribution in [2.45, 2.75) is 64.3 Å². The summed E-state index contributed by atoms with van der Waals surface area (Å²) in [5, 5.41) is 6.61. The van der Waals surface area contributed by atoms with Crippen molar-refractivity contribution in [3.05, 3.63) is 0 Å². The molecule has 2 rings (SSSR count). The van der Waals surface area contributed by atoms with E-state index in [1.165, 1.54) is 25.9 Å². The van der Waals surface area contributed by atoms with Crippen LogP contribution in [0.4, 0.5) is 0 Å². The number of carbonyl (C=O) groups excluding carboxylic acids is 1. The van der Waals surface area contributed by atoms with E-state index in [2.05, 4.69) is 29.4 Å². The van der Waals surface area contributed by atoms with Crippen LogP contribution in [0.3, 0.4) is 0 Å². The third kappa shape index (κ3) is 4.68. The van der Waals surface area contributed by atoms with E-state index in [0.29, 0.717) is 0 Å². The summed E-state index contributed by atoms with van der Waals surface area (Å²) in [6.45, 7) is 9.90. The first-order chi connectivity index (χ1) is 10.2. The van der Waals surface area contributed by atoms with Gasteiger partial charge in [-0.25, -0.2) is 0 Å². The van der Waals surface area contributed by atoms with Crippen molar-refractivity contribution in [1.29, 1.82) is 0 Å². The predicted octanol–water partition coefficient (Wildman–Crippen LogP) is 2.15. The largest absolute Gasteiger partial charge is 0.354 e. The summed E-state index contributed by atoms with van der Waals surface area (Å²) >= 11 is 0. The zero-order valence-corrected chi connectivity index (χ0v) is 13.9. The standard InChI is InChI=1S/C17H33N3O/c1-3-8-17(9-4-11-19-17)16(21)18-10-5-12-20-13-6-15(2)7-14-20/h15,19H,3-14H2,1-2H3,(H,18,21). The summed E-state index contributed by atoms with van der Waals surface area (Å²) in [5.74, 6) is 1.12. The van der Waals surface area contributed by atoms with E-state index in [1.54, 1.807) is 0 Å². The fourth-order valence-corrected chi connectivity index (χ4v) is 3.71. The summed E-state index contributed by atoms with van der Waals surface area (Å²) in [5.41, 5.74) is -0.269. The van der Waals surface area contributed by atoms with Gasteiger partial charge in [0, 0.05) is 6.54 Å². The summed E-state index contributed by atoms with van der Waals surface area (Å²) in [7, 11) is 0. The molecule has 0 aromatic rings. The monoisotopic (exact) mass is 295 g/mol. The lowest BCUT2D eigenvalue weighted by Gasteiger charge is -2.30. The van der Waals surface area contributed by atoms with Gasteiger partial charge in [-0.15, -0.1) is 0 Å². The average molecular weight is 295 g/mol. The molecule has 0 aliphatic carbocycles. The highest BCUT2D eigenvalue weighted by atomic mass is 16.2. The van der Waals surface area contributed by atoms with Crippen LogP contribution in [0, 0.1) is 5.92 Å². The molecule has 21 heavy (non-hydrogen) atoms. The molecular formula is C17H33N3O. The molecule has 0 spiro atoms. The van der Waals surface area contributed by atoms with Gasteiger partial charge >= 0.3 is 0 Å². The van der Waals surface area contributed by atoms with Crippen molar-refractivity contribution < 1.29 is 4.79 Å². The first kappa shape index (κ1) is 16.8. The van der Waals surface area contributed by atoms with Crippen molar-refractivity contribution in [2.24, 2.45) is 5.92 Å². The Hall–Kier alpha value is -0.610. The molecule has 2 saturated heterocycles. The summed E-state index contributed by atoms with van der Waals surface area (Å²) in [6, 6.07) is 0. The van der Waals surface area contributed by atoms with Crippen LogP contribution >= 0.6 is 0 Å². The van der Waals surface area contributed by atoms with E-state index >= 15 is 0 Å². The minimum atomic E-state index is -0.269. The topological polar surface area (TPSA) is 44.4 Å². The highest BCUT2D eigenvalue weighted by molar-refractivity contribution is 5.86. The van der Waals surface area contributed by atoms with Crippen LogP contribution in [0.15, 0.2) is 0 Å². The number of rotatable bonds is 7. The second-order valence-corrected chi connectivity index (χ2v) is 7.00. The van der Waals surface area contributed by atoms with Crippen LogP contribution < -0.4 is 10.6 Å². The van der Waals surface area contributed by atoms with Crippen molar-refractivity contribution in [2.75, 3.05) is 32.7 Å². The van der Waals surface area contributed by atoms with Gasteiger partial charge in [-0.05, 0) is 70.6 Å². The fourth-order valence-electron chi connectivity index (χ4n) is 3.71. The van der Waals surface area contributed by atoms with Crippen LogP contribution in [-0.2, 0) is 4.79 Å². The number of amides is 1. The van der Waals surface area contributed by atoms with E-state index in [9.17, 15) is 4.79 Å². The molecule has 0 aromatic heterocycles. The van der Waals surface area contributed by atoms with Crippen LogP contribution in [-0.4, -0.2) is 49.1 Å². The average Bonchev–Trinajstić information content (AvgIpc) is 2.95. The molecule has 2 N–H and O–H groups in total. The van der Waals surface area contributed by atoms with Gasteiger partial charge in [0.2, 0.25) is 5.91 Å². The van der Waals surface area contributed by atoms with Gasteiger partial charge in [0.25, 0.3) is 0 Å². The Morgan fingerprint density at radius 1 is 1.38 bits per heavy atom. The van der Waals surface area contributed by atoms with Crippen LogP contribution in [0.1, 0.15) is 58.8 Å². The molecule has 0 radical (unpaired) electrons. The molecule has 0 aromatic carbocycles. The maximum Gasteiger partial charge on any atom is 0.240 e. The molecule has 2 aliphatic rings. The van der Waals surface area contributed by atoms with E-state index in [-0.39, 0.29) is 11.4 Å². The fraction of sp³-hybridized carbons (Fsp3) is 0.941. The first-order valence-electron chi connectivity index (χ1n) is 8.92. The summed E-state index contributed by atoms with van der Waals surface area (Å²) < 4.78 is 0. The molecule has 4 heteroatoms. The Kier molecular flexibility index (Phi) is 6.49. The normalized spacial score (nSPS) is 27.9. The molecule has 1 amide bonds. The van der Waals surface area contributed by atoms with Gasteiger partial charge in [-0.3, -0.25) is 4.79 Å². The molecular weight excluding hydrogens is 262 g/mol. The lowest BCUT2D eigenvalue weighted by Crippen LogP contribution is -2.53. The van der Waals surface area contributed by atoms with Crippen LogP contribution in [0.2, 0.25) is 0 Å². The van der Waals surface area contributed by atoms with E-state index in [4.69, 9.17) is 0 Å². The number of carbonyl (C=O) groups is 1. The molecule has 2 heterocycles. The zero-order valence-electron chi connectivity index (χ0n) is 13.9. The molecule has 1 atom stereocenters. The molecule has 122 valence electrons. The van der Waals surface area contributed by atoms with Crippen LogP contribution in [0.25, 0.3) is 0 Å². The Labute approximate surface area is 130 Å². The van der Waals surface area contributed by atoms with E-state index in [1.807, 2.05) is 0 Å². The number of piperidine rings is 1. The number of nitrogens with zero attached hydrogens (tertiary/aromatic N) is 1. The van der Waals surface area contributed by atoms with Crippen molar-refractivity contribution in [3.8, 4) is 0 Å². The molecule has 1 unspecified atom stereocenters. The minimum absolute atomic E-state index is 0.231. The number of hydrogen-bond donors (Lipinski definition) is 2. The van der Waals surface area contributed by atoms with E-state index < -0.39 is 0 Å². The SMILES string of the molecule is CCCC1(C(=O)NCCCN2CCC(C)CC2)CCCN1. The first-order valence-corrected chi connectivity index (χ1v) is 8.92. The van der Waals surface area contributed by atoms with Gasteiger partial charge in [0.05, 0.1) is 5.54 Å². The molecule has 2 fully saturated rings. The maximum atomic E-state index is 12.5. The Morgan fingerprint density at radius 2 is 2.14 bits per heavy atom. The van der Waals surface area contributed by atoms with Gasteiger partial charge in [0.1, 0.15) is 0 Å². The second kappa shape index (κ2) is 8.14. The Balaban J connectivity index is 1.64. The molecule has 4 nitrogen and oxygen atoms in total. The summed E-state index contributed by atoms with van der Waals surface area (Å²) in [6.07, 6.45) is 7.87. The lowest BCUT2D eigenvalue weighted by atomic mass is 9.91. The number of hydrogen-bond acceptors (Lipinski definition) is 3. The van der Waals surface area contributed by atoms with Gasteiger partial charge < -0.3 is 15.5 Å². The van der Waals surface area contributed by atoms with Crippen molar-refractivity contribution >= 4 is 5.91 Å². The highest BCUT2D eigenvalue weighted by Crippen LogP contribution is 2.24. The third-order valence-electron chi connectivity index (χ3n) is 5.17. The van der Waals surface area contributed by atoms with Crippen molar-refractivity contribution in [1.82, 2.24) is 15.5 Å². The Bertz CT molecular complexity index is 318. The van der Waals surface area contributed by atoms with Gasteiger partial charge in [0.15, 0.2) is 0 Å². The minimum Gasteiger partial charge on any atom is -0.354 e. The molecule has 2 aliphatic heterocycles. The van der Waals surface area contributed by atoms with E-state index in [0.717, 1.165) is 57.7 Å². The molecule has 0 saturated carbocycles. The van der Waals surface area contributed by atoms with Crippen molar-refractivity contribution in [3.63, 3.8) is 0 Å². The van der Waals surface area contributed by atoms with Gasteiger partial charge in [-0.2, -0.15) is 0 Å². The molecule has 0 bridgehead atoms. The quantitative estimate of drug-likeness (QED) is 0.707. The number of nitrogens with one attached hydrogen (secondary N) is 2. The third-order valence-corrected chi connectivity index (χ3v) is 5.17. The summed E-state index contributed by atoms with van der Waals surface area (Å²) in [4.78, 5) is 15.0. The lowest BCUT2D eigenvalue weighted by molar-refractivity contribution is -0.127. The van der Waals surface area contributed by atoms with Crippen LogP contribution in [0.5, 0.6) is 0 Å².